The van der Waals surface area contributed by atoms with E-state index in [2.05, 4.69) is 15.3 Å². The number of nitrogens with one attached hydrogen (secondary N) is 1. The number of aliphatic hydroxyl groups excluding tert-OH is 1. The number of rotatable bonds is 3. The number of hydrogen-bond acceptors (Lipinski definition) is 5. The average molecular weight is 290 g/mol. The zero-order valence-electron chi connectivity index (χ0n) is 10.4. The molecule has 2 heterocycles. The Morgan fingerprint density at radius 1 is 1.50 bits per heavy atom. The molecule has 100 valence electrons. The Bertz CT molecular complexity index is 493. The van der Waals surface area contributed by atoms with Crippen LogP contribution >= 0.6 is 11.6 Å². The first-order valence-electron chi connectivity index (χ1n) is 5.77. The van der Waals surface area contributed by atoms with Crippen LogP contribution in [0.25, 0.3) is 0 Å². The third-order valence-electron chi connectivity index (χ3n) is 2.73. The molecule has 1 aromatic heterocycles. The zero-order chi connectivity index (χ0) is 13.3. The lowest BCUT2D eigenvalue weighted by Gasteiger charge is -2.27. The summed E-state index contributed by atoms with van der Waals surface area (Å²) in [5, 5.41) is 12.5. The molecule has 0 radical (unpaired) electrons. The number of halogens is 1. The van der Waals surface area contributed by atoms with Gasteiger partial charge < -0.3 is 10.4 Å². The first-order chi connectivity index (χ1) is 8.43. The number of aryl methyl sites for hydroxylation is 1. The maximum Gasteiger partial charge on any atom is 0.224 e. The van der Waals surface area contributed by atoms with E-state index in [0.717, 1.165) is 18.5 Å². The van der Waals surface area contributed by atoms with Gasteiger partial charge in [0.2, 0.25) is 5.28 Å². The topological polar surface area (TPSA) is 75.1 Å². The maximum absolute atomic E-state index is 12.1. The second kappa shape index (κ2) is 5.11. The number of hydrogen-bond donors (Lipinski definition) is 2. The summed E-state index contributed by atoms with van der Waals surface area (Å²) in [6, 6.07) is 0. The molecule has 1 aromatic rings. The molecule has 1 aliphatic heterocycles. The third-order valence-corrected chi connectivity index (χ3v) is 4.44. The molecular weight excluding hydrogens is 274 g/mol. The minimum Gasteiger partial charge on any atom is -0.394 e. The molecule has 0 aromatic carbocycles. The summed E-state index contributed by atoms with van der Waals surface area (Å²) in [6.45, 7) is 3.61. The molecule has 1 atom stereocenters. The molecule has 0 saturated carbocycles. The Balaban J connectivity index is 2.46. The van der Waals surface area contributed by atoms with Gasteiger partial charge in [-0.1, -0.05) is 0 Å². The van der Waals surface area contributed by atoms with E-state index in [1.54, 1.807) is 0 Å². The Morgan fingerprint density at radius 3 is 2.89 bits per heavy atom. The molecule has 0 amide bonds. The second-order valence-electron chi connectivity index (χ2n) is 4.94. The van der Waals surface area contributed by atoms with Gasteiger partial charge in [0.05, 0.1) is 28.6 Å². The molecular formula is C11H16ClN3O2S. The minimum atomic E-state index is -1.10. The van der Waals surface area contributed by atoms with Crippen molar-refractivity contribution in [2.24, 2.45) is 0 Å². The Labute approximate surface area is 113 Å². The van der Waals surface area contributed by atoms with Crippen molar-refractivity contribution >= 4 is 28.2 Å². The van der Waals surface area contributed by atoms with Gasteiger partial charge in [0.25, 0.3) is 0 Å². The highest BCUT2D eigenvalue weighted by Gasteiger charge is 2.26. The van der Waals surface area contributed by atoms with Crippen LogP contribution in [-0.2, 0) is 17.2 Å². The Hall–Kier alpha value is -0.720. The average Bonchev–Trinajstić information content (AvgIpc) is 2.28. The largest absolute Gasteiger partial charge is 0.394 e. The van der Waals surface area contributed by atoms with Gasteiger partial charge in [0, 0.05) is 5.75 Å². The Kier molecular flexibility index (Phi) is 3.89. The molecule has 0 aliphatic carbocycles. The number of aliphatic hydroxyl groups is 1. The van der Waals surface area contributed by atoms with Gasteiger partial charge in [-0.05, 0) is 38.3 Å². The minimum absolute atomic E-state index is 0.0595. The van der Waals surface area contributed by atoms with E-state index in [-0.39, 0.29) is 11.9 Å². The van der Waals surface area contributed by atoms with Crippen molar-refractivity contribution in [3.05, 3.63) is 11.0 Å². The van der Waals surface area contributed by atoms with E-state index in [1.165, 1.54) is 0 Å². The molecule has 18 heavy (non-hydrogen) atoms. The van der Waals surface area contributed by atoms with E-state index < -0.39 is 16.3 Å². The van der Waals surface area contributed by atoms with E-state index in [1.807, 2.05) is 13.8 Å². The summed E-state index contributed by atoms with van der Waals surface area (Å²) in [4.78, 5) is 8.88. The molecule has 7 heteroatoms. The van der Waals surface area contributed by atoms with E-state index in [4.69, 9.17) is 11.6 Å². The quantitative estimate of drug-likeness (QED) is 0.822. The van der Waals surface area contributed by atoms with Crippen LogP contribution < -0.4 is 5.32 Å². The van der Waals surface area contributed by atoms with Crippen LogP contribution in [0, 0.1) is 0 Å². The van der Waals surface area contributed by atoms with Crippen molar-refractivity contribution < 1.29 is 9.32 Å². The van der Waals surface area contributed by atoms with Crippen molar-refractivity contribution in [3.8, 4) is 0 Å². The van der Waals surface area contributed by atoms with Crippen molar-refractivity contribution in [2.75, 3.05) is 17.7 Å². The third kappa shape index (κ3) is 2.81. The number of anilines is 1. The molecule has 2 rings (SSSR count). The van der Waals surface area contributed by atoms with E-state index in [0.29, 0.717) is 16.5 Å². The lowest BCUT2D eigenvalue weighted by atomic mass is 10.1. The van der Waals surface area contributed by atoms with Crippen molar-refractivity contribution in [2.45, 2.75) is 37.1 Å². The molecule has 1 aliphatic rings. The normalized spacial score (nSPS) is 19.4. The highest BCUT2D eigenvalue weighted by Crippen LogP contribution is 2.29. The van der Waals surface area contributed by atoms with Crippen LogP contribution in [0.1, 0.15) is 26.0 Å². The molecule has 0 bridgehead atoms. The summed E-state index contributed by atoms with van der Waals surface area (Å²) in [5.41, 5.74) is 0.198. The van der Waals surface area contributed by atoms with Crippen LogP contribution in [0.2, 0.25) is 5.28 Å². The van der Waals surface area contributed by atoms with E-state index >= 15 is 0 Å². The summed E-state index contributed by atoms with van der Waals surface area (Å²) < 4.78 is 12.1. The molecule has 0 fully saturated rings. The maximum atomic E-state index is 12.1. The first-order valence-corrected chi connectivity index (χ1v) is 7.46. The highest BCUT2D eigenvalue weighted by atomic mass is 35.5. The van der Waals surface area contributed by atoms with Crippen LogP contribution in [0.4, 0.5) is 5.82 Å². The molecule has 0 spiro atoms. The van der Waals surface area contributed by atoms with Gasteiger partial charge in [0.1, 0.15) is 10.7 Å². The van der Waals surface area contributed by atoms with E-state index in [9.17, 15) is 9.32 Å². The van der Waals surface area contributed by atoms with Crippen LogP contribution in [-0.4, -0.2) is 37.2 Å². The molecule has 1 unspecified atom stereocenters. The van der Waals surface area contributed by atoms with Gasteiger partial charge in [-0.15, -0.1) is 0 Å². The highest BCUT2D eigenvalue weighted by molar-refractivity contribution is 7.85. The van der Waals surface area contributed by atoms with Crippen LogP contribution in [0.15, 0.2) is 4.90 Å². The van der Waals surface area contributed by atoms with Gasteiger partial charge in [-0.3, -0.25) is 4.21 Å². The van der Waals surface area contributed by atoms with Gasteiger partial charge in [-0.2, -0.15) is 4.98 Å². The van der Waals surface area contributed by atoms with Crippen molar-refractivity contribution in [3.63, 3.8) is 0 Å². The van der Waals surface area contributed by atoms with Gasteiger partial charge in [-0.25, -0.2) is 4.98 Å². The lowest BCUT2D eigenvalue weighted by Crippen LogP contribution is -2.36. The molecule has 5 nitrogen and oxygen atoms in total. The summed E-state index contributed by atoms with van der Waals surface area (Å²) in [5.74, 6) is 1.09. The number of fused-ring (bicyclic) bond motifs is 1. The van der Waals surface area contributed by atoms with Crippen molar-refractivity contribution in [1.29, 1.82) is 0 Å². The fourth-order valence-electron chi connectivity index (χ4n) is 1.79. The summed E-state index contributed by atoms with van der Waals surface area (Å²) in [6.07, 6.45) is 1.60. The molecule has 2 N–H and O–H groups in total. The SMILES string of the molecule is CC(C)(CO)Nc1nc(Cl)nc2c1S(=O)CCC2. The fraction of sp³-hybridized carbons (Fsp3) is 0.636. The summed E-state index contributed by atoms with van der Waals surface area (Å²) >= 11 is 5.88. The molecule has 0 saturated heterocycles. The zero-order valence-corrected chi connectivity index (χ0v) is 11.9. The second-order valence-corrected chi connectivity index (χ2v) is 6.78. The Morgan fingerprint density at radius 2 is 2.22 bits per heavy atom. The van der Waals surface area contributed by atoms with Crippen LogP contribution in [0.3, 0.4) is 0 Å². The standard InChI is InChI=1S/C11H16ClN3O2S/c1-11(2,6-16)15-9-8-7(13-10(12)14-9)4-3-5-18(8)17/h16H,3-6H2,1-2H3,(H,13,14,15). The predicted octanol–water partition coefficient (Wildman–Crippen LogP) is 1.37. The summed E-state index contributed by atoms with van der Waals surface area (Å²) in [7, 11) is -1.10. The lowest BCUT2D eigenvalue weighted by molar-refractivity contribution is 0.233. The monoisotopic (exact) mass is 289 g/mol. The number of nitrogens with zero attached hydrogens (tertiary/aromatic N) is 2. The van der Waals surface area contributed by atoms with Gasteiger partial charge in [0.15, 0.2) is 0 Å². The van der Waals surface area contributed by atoms with Gasteiger partial charge >= 0.3 is 0 Å². The van der Waals surface area contributed by atoms with Crippen LogP contribution in [0.5, 0.6) is 0 Å². The first kappa shape index (κ1) is 13.7. The number of aromatic nitrogens is 2. The smallest absolute Gasteiger partial charge is 0.224 e. The van der Waals surface area contributed by atoms with Crippen molar-refractivity contribution in [1.82, 2.24) is 9.97 Å². The fourth-order valence-corrected chi connectivity index (χ4v) is 3.31. The predicted molar refractivity (Wildman–Crippen MR) is 71.4 cm³/mol.